The van der Waals surface area contributed by atoms with Crippen LogP contribution in [0.1, 0.15) is 26.2 Å². The van der Waals surface area contributed by atoms with Crippen molar-refractivity contribution in [2.75, 3.05) is 19.7 Å². The molecule has 0 bridgehead atoms. The average molecular weight is 257 g/mol. The Balaban J connectivity index is 1.88. The minimum Gasteiger partial charge on any atom is -0.481 e. The number of rotatable bonds is 3. The van der Waals surface area contributed by atoms with Crippen LogP contribution in [0.4, 0.5) is 0 Å². The summed E-state index contributed by atoms with van der Waals surface area (Å²) in [6.45, 7) is 3.22. The number of morpholine rings is 1. The molecule has 0 aliphatic carbocycles. The molecule has 0 unspecified atom stereocenters. The number of carboxylic acids is 1. The molecule has 18 heavy (non-hydrogen) atoms. The highest BCUT2D eigenvalue weighted by Crippen LogP contribution is 2.22. The van der Waals surface area contributed by atoms with Crippen LogP contribution in [0.2, 0.25) is 0 Å². The Labute approximate surface area is 106 Å². The summed E-state index contributed by atoms with van der Waals surface area (Å²) in [5.74, 6) is -0.932. The maximum atomic E-state index is 12.2. The van der Waals surface area contributed by atoms with Gasteiger partial charge < -0.3 is 19.5 Å². The van der Waals surface area contributed by atoms with E-state index in [9.17, 15) is 9.59 Å². The molecule has 3 atom stereocenters. The molecule has 1 amide bonds. The second-order valence-electron chi connectivity index (χ2n) is 4.89. The fourth-order valence-electron chi connectivity index (χ4n) is 2.43. The first-order chi connectivity index (χ1) is 8.56. The van der Waals surface area contributed by atoms with Crippen molar-refractivity contribution < 1.29 is 24.2 Å². The van der Waals surface area contributed by atoms with Gasteiger partial charge in [0.2, 0.25) is 0 Å². The smallest absolute Gasteiger partial charge is 0.306 e. The van der Waals surface area contributed by atoms with Crippen LogP contribution in [0.5, 0.6) is 0 Å². The Hall–Kier alpha value is -1.14. The zero-order chi connectivity index (χ0) is 13.1. The molecule has 6 heteroatoms. The molecule has 2 saturated heterocycles. The van der Waals surface area contributed by atoms with Gasteiger partial charge in [0.1, 0.15) is 6.10 Å². The van der Waals surface area contributed by atoms with Crippen molar-refractivity contribution in [3.63, 3.8) is 0 Å². The molecule has 2 rings (SSSR count). The first-order valence-electron chi connectivity index (χ1n) is 6.34. The summed E-state index contributed by atoms with van der Waals surface area (Å²) in [7, 11) is 0. The van der Waals surface area contributed by atoms with Crippen molar-refractivity contribution in [2.24, 2.45) is 0 Å². The van der Waals surface area contributed by atoms with E-state index in [4.69, 9.17) is 14.6 Å². The summed E-state index contributed by atoms with van der Waals surface area (Å²) in [6.07, 6.45) is 0.962. The van der Waals surface area contributed by atoms with Gasteiger partial charge in [0.25, 0.3) is 5.91 Å². The number of carbonyl (C=O) groups excluding carboxylic acids is 1. The van der Waals surface area contributed by atoms with Gasteiger partial charge >= 0.3 is 5.97 Å². The summed E-state index contributed by atoms with van der Waals surface area (Å²) in [5.41, 5.74) is 0. The maximum absolute atomic E-state index is 12.2. The van der Waals surface area contributed by atoms with Gasteiger partial charge in [0.15, 0.2) is 0 Å². The average Bonchev–Trinajstić information content (AvgIpc) is 2.74. The number of carbonyl (C=O) groups is 2. The zero-order valence-corrected chi connectivity index (χ0v) is 10.5. The van der Waals surface area contributed by atoms with Crippen molar-refractivity contribution in [2.45, 2.75) is 44.5 Å². The van der Waals surface area contributed by atoms with Gasteiger partial charge in [0.05, 0.1) is 25.2 Å². The van der Waals surface area contributed by atoms with Crippen LogP contribution in [0.15, 0.2) is 0 Å². The minimum absolute atomic E-state index is 0.0296. The predicted octanol–water partition coefficient (Wildman–Crippen LogP) is 0.256. The van der Waals surface area contributed by atoms with E-state index < -0.39 is 12.1 Å². The Kier molecular flexibility index (Phi) is 4.19. The number of aliphatic carboxylic acids is 1. The van der Waals surface area contributed by atoms with E-state index >= 15 is 0 Å². The van der Waals surface area contributed by atoms with Gasteiger partial charge in [-0.25, -0.2) is 0 Å². The first-order valence-corrected chi connectivity index (χ1v) is 6.34. The number of ether oxygens (including phenoxy) is 2. The molecule has 2 aliphatic heterocycles. The standard InChI is InChI=1S/C12H19NO5/c1-8-2-3-10(18-8)12(16)13-4-5-17-9(7-13)6-11(14)15/h8-10H,2-7H2,1H3,(H,14,15)/t8-,9-,10+/m1/s1. The lowest BCUT2D eigenvalue weighted by molar-refractivity contribution is -0.154. The third kappa shape index (κ3) is 3.20. The van der Waals surface area contributed by atoms with Crippen LogP contribution >= 0.6 is 0 Å². The summed E-state index contributed by atoms with van der Waals surface area (Å²) < 4.78 is 10.9. The highest BCUT2D eigenvalue weighted by Gasteiger charge is 2.34. The highest BCUT2D eigenvalue weighted by molar-refractivity contribution is 5.81. The third-order valence-corrected chi connectivity index (χ3v) is 3.36. The van der Waals surface area contributed by atoms with Gasteiger partial charge in [-0.1, -0.05) is 0 Å². The molecule has 102 valence electrons. The second kappa shape index (κ2) is 5.67. The molecule has 6 nitrogen and oxygen atoms in total. The Morgan fingerprint density at radius 1 is 1.39 bits per heavy atom. The van der Waals surface area contributed by atoms with Crippen LogP contribution in [0.25, 0.3) is 0 Å². The quantitative estimate of drug-likeness (QED) is 0.784. The normalized spacial score (nSPS) is 32.5. The number of hydrogen-bond donors (Lipinski definition) is 1. The van der Waals surface area contributed by atoms with E-state index in [1.807, 2.05) is 6.92 Å². The first kappa shape index (κ1) is 13.3. The van der Waals surface area contributed by atoms with Gasteiger partial charge in [-0.05, 0) is 19.8 Å². The van der Waals surface area contributed by atoms with E-state index in [1.165, 1.54) is 0 Å². The topological polar surface area (TPSA) is 76.1 Å². The highest BCUT2D eigenvalue weighted by atomic mass is 16.5. The Morgan fingerprint density at radius 2 is 2.17 bits per heavy atom. The summed E-state index contributed by atoms with van der Waals surface area (Å²) in [5, 5.41) is 8.73. The van der Waals surface area contributed by atoms with Crippen molar-refractivity contribution in [1.29, 1.82) is 0 Å². The van der Waals surface area contributed by atoms with E-state index in [0.29, 0.717) is 19.7 Å². The molecule has 0 radical (unpaired) electrons. The van der Waals surface area contributed by atoms with Crippen LogP contribution < -0.4 is 0 Å². The van der Waals surface area contributed by atoms with Crippen molar-refractivity contribution in [3.8, 4) is 0 Å². The van der Waals surface area contributed by atoms with Gasteiger partial charge in [-0.2, -0.15) is 0 Å². The summed E-state index contributed by atoms with van der Waals surface area (Å²) >= 11 is 0. The van der Waals surface area contributed by atoms with Crippen molar-refractivity contribution in [3.05, 3.63) is 0 Å². The van der Waals surface area contributed by atoms with E-state index in [-0.39, 0.29) is 24.5 Å². The van der Waals surface area contributed by atoms with Gasteiger partial charge in [-0.3, -0.25) is 9.59 Å². The second-order valence-corrected chi connectivity index (χ2v) is 4.89. The molecule has 0 aromatic rings. The lowest BCUT2D eigenvalue weighted by atomic mass is 10.1. The van der Waals surface area contributed by atoms with Crippen molar-refractivity contribution in [1.82, 2.24) is 4.90 Å². The number of carboxylic acid groups (broad SMARTS) is 1. The summed E-state index contributed by atoms with van der Waals surface area (Å²) in [4.78, 5) is 24.5. The number of hydrogen-bond acceptors (Lipinski definition) is 4. The fourth-order valence-corrected chi connectivity index (χ4v) is 2.43. The van der Waals surface area contributed by atoms with Crippen LogP contribution in [0, 0.1) is 0 Å². The molecule has 2 heterocycles. The third-order valence-electron chi connectivity index (χ3n) is 3.36. The number of amides is 1. The molecule has 2 fully saturated rings. The maximum Gasteiger partial charge on any atom is 0.306 e. The van der Waals surface area contributed by atoms with Crippen LogP contribution in [-0.2, 0) is 19.1 Å². The molecule has 1 N–H and O–H groups in total. The van der Waals surface area contributed by atoms with Gasteiger partial charge in [-0.15, -0.1) is 0 Å². The molecular formula is C12H19NO5. The molecular weight excluding hydrogens is 238 g/mol. The fraction of sp³-hybridized carbons (Fsp3) is 0.833. The lowest BCUT2D eigenvalue weighted by Crippen LogP contribution is -2.49. The van der Waals surface area contributed by atoms with Crippen LogP contribution in [-0.4, -0.2) is 59.9 Å². The van der Waals surface area contributed by atoms with E-state index in [2.05, 4.69) is 0 Å². The molecule has 0 aromatic heterocycles. The molecule has 0 aromatic carbocycles. The Morgan fingerprint density at radius 3 is 2.78 bits per heavy atom. The van der Waals surface area contributed by atoms with Crippen molar-refractivity contribution >= 4 is 11.9 Å². The largest absolute Gasteiger partial charge is 0.481 e. The monoisotopic (exact) mass is 257 g/mol. The Bertz CT molecular complexity index is 332. The van der Waals surface area contributed by atoms with E-state index in [0.717, 1.165) is 12.8 Å². The SMILES string of the molecule is C[C@@H]1CC[C@@H](C(=O)N2CCO[C@H](CC(=O)O)C2)O1. The zero-order valence-electron chi connectivity index (χ0n) is 10.5. The van der Waals surface area contributed by atoms with Gasteiger partial charge in [0, 0.05) is 13.1 Å². The molecule has 2 aliphatic rings. The lowest BCUT2D eigenvalue weighted by Gasteiger charge is -2.33. The molecule has 0 spiro atoms. The summed E-state index contributed by atoms with van der Waals surface area (Å²) in [6, 6.07) is 0. The molecule has 0 saturated carbocycles. The minimum atomic E-state index is -0.903. The van der Waals surface area contributed by atoms with E-state index in [1.54, 1.807) is 4.90 Å². The predicted molar refractivity (Wildman–Crippen MR) is 62.1 cm³/mol. The number of nitrogens with zero attached hydrogens (tertiary/aromatic N) is 1. The van der Waals surface area contributed by atoms with Crippen LogP contribution in [0.3, 0.4) is 0 Å².